The van der Waals surface area contributed by atoms with Crippen molar-refractivity contribution in [3.8, 4) is 0 Å². The number of hydrogen-bond acceptors (Lipinski definition) is 2. The van der Waals surface area contributed by atoms with E-state index in [0.717, 1.165) is 53.8 Å². The summed E-state index contributed by atoms with van der Waals surface area (Å²) in [5, 5.41) is 0. The predicted molar refractivity (Wildman–Crippen MR) is 112 cm³/mol. The number of amides is 1. The summed E-state index contributed by atoms with van der Waals surface area (Å²) in [6.07, 6.45) is 2.73. The molecule has 0 N–H and O–H groups in total. The predicted octanol–water partition coefficient (Wildman–Crippen LogP) is 4.96. The summed E-state index contributed by atoms with van der Waals surface area (Å²) in [5.41, 5.74) is 3.37. The molecule has 1 aliphatic rings. The maximum atomic E-state index is 12.5. The molecule has 1 aromatic heterocycles. The number of fused-ring (bicyclic) bond motifs is 1. The van der Waals surface area contributed by atoms with E-state index in [4.69, 9.17) is 4.98 Å². The number of hydrogen-bond donors (Lipinski definition) is 0. The smallest absolute Gasteiger partial charge is 0.223 e. The summed E-state index contributed by atoms with van der Waals surface area (Å²) in [7, 11) is 0. The molecule has 1 saturated heterocycles. The largest absolute Gasteiger partial charge is 0.342 e. The van der Waals surface area contributed by atoms with E-state index in [1.807, 2.05) is 11.0 Å². The van der Waals surface area contributed by atoms with Crippen molar-refractivity contribution >= 4 is 32.9 Å². The highest BCUT2D eigenvalue weighted by Crippen LogP contribution is 2.31. The number of halogens is 1. The number of likely N-dealkylation sites (tertiary alicyclic amines) is 1. The van der Waals surface area contributed by atoms with Gasteiger partial charge in [0.2, 0.25) is 5.91 Å². The average molecular weight is 426 g/mol. The van der Waals surface area contributed by atoms with Gasteiger partial charge < -0.3 is 9.47 Å². The highest BCUT2D eigenvalue weighted by Gasteiger charge is 2.33. The molecule has 0 bridgehead atoms. The van der Waals surface area contributed by atoms with E-state index in [0.29, 0.717) is 6.42 Å². The van der Waals surface area contributed by atoms with Crippen LogP contribution in [0.5, 0.6) is 0 Å². The minimum Gasteiger partial charge on any atom is -0.342 e. The Kier molecular flexibility index (Phi) is 5.30. The topological polar surface area (TPSA) is 38.1 Å². The second-order valence-corrected chi connectivity index (χ2v) is 8.18. The molecule has 1 aliphatic heterocycles. The van der Waals surface area contributed by atoms with Crippen molar-refractivity contribution in [2.75, 3.05) is 13.1 Å². The zero-order chi connectivity index (χ0) is 18.8. The molecule has 2 aromatic carbocycles. The maximum absolute atomic E-state index is 12.5. The number of para-hydroxylation sites is 2. The van der Waals surface area contributed by atoms with Gasteiger partial charge in [-0.1, -0.05) is 53.5 Å². The van der Waals surface area contributed by atoms with Gasteiger partial charge in [0.05, 0.1) is 11.0 Å². The molecule has 1 atom stereocenters. The van der Waals surface area contributed by atoms with Gasteiger partial charge in [0.1, 0.15) is 5.82 Å². The lowest BCUT2D eigenvalue weighted by molar-refractivity contribution is -0.127. The average Bonchev–Trinajstić information content (AvgIpc) is 3.22. The summed E-state index contributed by atoms with van der Waals surface area (Å²) < 4.78 is 3.37. The summed E-state index contributed by atoms with van der Waals surface area (Å²) in [4.78, 5) is 19.4. The highest BCUT2D eigenvalue weighted by molar-refractivity contribution is 9.10. The van der Waals surface area contributed by atoms with Gasteiger partial charge in [-0.15, -0.1) is 0 Å². The minimum atomic E-state index is 0.164. The van der Waals surface area contributed by atoms with Crippen LogP contribution in [0.3, 0.4) is 0 Å². The molecule has 0 radical (unpaired) electrons. The first-order valence-electron chi connectivity index (χ1n) is 9.63. The van der Waals surface area contributed by atoms with Crippen LogP contribution >= 0.6 is 15.9 Å². The second-order valence-electron chi connectivity index (χ2n) is 7.27. The van der Waals surface area contributed by atoms with Gasteiger partial charge in [0.15, 0.2) is 0 Å². The molecular weight excluding hydrogens is 402 g/mol. The van der Waals surface area contributed by atoms with Crippen LogP contribution in [0.2, 0.25) is 0 Å². The van der Waals surface area contributed by atoms with Crippen LogP contribution in [0.1, 0.15) is 43.5 Å². The summed E-state index contributed by atoms with van der Waals surface area (Å²) in [6, 6.07) is 16.7. The van der Waals surface area contributed by atoms with Crippen molar-refractivity contribution < 1.29 is 4.79 Å². The zero-order valence-corrected chi connectivity index (χ0v) is 17.2. The lowest BCUT2D eigenvalue weighted by Gasteiger charge is -2.17. The molecule has 0 aliphatic carbocycles. The molecule has 0 saturated carbocycles. The Bertz CT molecular complexity index is 948. The van der Waals surface area contributed by atoms with Gasteiger partial charge in [-0.3, -0.25) is 4.79 Å². The van der Waals surface area contributed by atoms with Gasteiger partial charge in [-0.2, -0.15) is 0 Å². The fourth-order valence-corrected chi connectivity index (χ4v) is 4.12. The molecule has 27 heavy (non-hydrogen) atoms. The Morgan fingerprint density at radius 2 is 1.93 bits per heavy atom. The lowest BCUT2D eigenvalue weighted by atomic mass is 10.1. The Morgan fingerprint density at radius 3 is 2.70 bits per heavy atom. The SMILES string of the molecule is CCCCN1C[C@H](c2nc3ccccc3n2Cc2ccc(Br)cc2)CC1=O. The third-order valence-electron chi connectivity index (χ3n) is 5.30. The van der Waals surface area contributed by atoms with Crippen LogP contribution in [-0.4, -0.2) is 33.4 Å². The van der Waals surface area contributed by atoms with E-state index in [9.17, 15) is 4.79 Å². The van der Waals surface area contributed by atoms with Gasteiger partial charge in [-0.25, -0.2) is 4.98 Å². The Morgan fingerprint density at radius 1 is 1.15 bits per heavy atom. The lowest BCUT2D eigenvalue weighted by Crippen LogP contribution is -2.26. The van der Waals surface area contributed by atoms with E-state index in [-0.39, 0.29) is 11.8 Å². The number of aromatic nitrogens is 2. The number of carbonyl (C=O) groups excluding carboxylic acids is 1. The first kappa shape index (κ1) is 18.2. The van der Waals surface area contributed by atoms with Crippen molar-refractivity contribution in [1.82, 2.24) is 14.5 Å². The molecule has 4 rings (SSSR count). The Hall–Kier alpha value is -2.14. The number of unbranched alkanes of at least 4 members (excludes halogenated alkanes) is 1. The fourth-order valence-electron chi connectivity index (χ4n) is 3.85. The van der Waals surface area contributed by atoms with Crippen LogP contribution in [0, 0.1) is 0 Å². The van der Waals surface area contributed by atoms with Gasteiger partial charge >= 0.3 is 0 Å². The van der Waals surface area contributed by atoms with E-state index >= 15 is 0 Å². The van der Waals surface area contributed by atoms with Crippen LogP contribution in [0.15, 0.2) is 53.0 Å². The maximum Gasteiger partial charge on any atom is 0.223 e. The first-order chi connectivity index (χ1) is 13.2. The number of rotatable bonds is 6. The molecule has 4 nitrogen and oxygen atoms in total. The molecule has 5 heteroatoms. The molecule has 140 valence electrons. The third-order valence-corrected chi connectivity index (χ3v) is 5.83. The summed E-state index contributed by atoms with van der Waals surface area (Å²) in [6.45, 7) is 4.57. The van der Waals surface area contributed by atoms with Gasteiger partial charge in [0.25, 0.3) is 0 Å². The highest BCUT2D eigenvalue weighted by atomic mass is 79.9. The van der Waals surface area contributed by atoms with Crippen LogP contribution in [0.4, 0.5) is 0 Å². The molecular formula is C22H24BrN3O. The monoisotopic (exact) mass is 425 g/mol. The van der Waals surface area contributed by atoms with E-state index in [1.165, 1.54) is 5.56 Å². The second kappa shape index (κ2) is 7.85. The van der Waals surface area contributed by atoms with Crippen molar-refractivity contribution in [3.63, 3.8) is 0 Å². The van der Waals surface area contributed by atoms with Crippen molar-refractivity contribution in [1.29, 1.82) is 0 Å². The van der Waals surface area contributed by atoms with Crippen LogP contribution in [-0.2, 0) is 11.3 Å². The third kappa shape index (κ3) is 3.79. The van der Waals surface area contributed by atoms with Gasteiger partial charge in [0, 0.05) is 36.4 Å². The summed E-state index contributed by atoms with van der Waals surface area (Å²) in [5.74, 6) is 1.46. The fraction of sp³-hybridized carbons (Fsp3) is 0.364. The van der Waals surface area contributed by atoms with Crippen LogP contribution in [0.25, 0.3) is 11.0 Å². The molecule has 0 unspecified atom stereocenters. The van der Waals surface area contributed by atoms with Crippen molar-refractivity contribution in [2.24, 2.45) is 0 Å². The number of benzene rings is 2. The molecule has 3 aromatic rings. The van der Waals surface area contributed by atoms with Gasteiger partial charge in [-0.05, 0) is 36.2 Å². The zero-order valence-electron chi connectivity index (χ0n) is 15.6. The standard InChI is InChI=1S/C22H24BrN3O/c1-2-3-12-25-15-17(13-21(25)27)22-24-19-6-4-5-7-20(19)26(22)14-16-8-10-18(23)11-9-16/h4-11,17H,2-3,12-15H2,1H3/t17-/m1/s1. The Balaban J connectivity index is 1.68. The van der Waals surface area contributed by atoms with Crippen molar-refractivity contribution in [3.05, 3.63) is 64.4 Å². The molecule has 1 amide bonds. The van der Waals surface area contributed by atoms with Crippen LogP contribution < -0.4 is 0 Å². The van der Waals surface area contributed by atoms with E-state index in [1.54, 1.807) is 0 Å². The quantitative estimate of drug-likeness (QED) is 0.559. The summed E-state index contributed by atoms with van der Waals surface area (Å²) >= 11 is 3.50. The normalized spacial score (nSPS) is 17.2. The molecule has 1 fully saturated rings. The molecule has 2 heterocycles. The number of nitrogens with zero attached hydrogens (tertiary/aromatic N) is 3. The first-order valence-corrected chi connectivity index (χ1v) is 10.4. The van der Waals surface area contributed by atoms with E-state index < -0.39 is 0 Å². The Labute approximate surface area is 168 Å². The van der Waals surface area contributed by atoms with E-state index in [2.05, 4.69) is 69.9 Å². The minimum absolute atomic E-state index is 0.164. The van der Waals surface area contributed by atoms with Crippen molar-refractivity contribution in [2.45, 2.75) is 38.6 Å². The number of imidazole rings is 1. The molecule has 0 spiro atoms. The number of carbonyl (C=O) groups is 1.